The molecule has 3 rings (SSSR count). The topological polar surface area (TPSA) is 69.0 Å². The van der Waals surface area contributed by atoms with Crippen LogP contribution in [-0.2, 0) is 18.3 Å². The predicted octanol–water partition coefficient (Wildman–Crippen LogP) is 2.30. The number of rotatable bonds is 6. The van der Waals surface area contributed by atoms with Crippen LogP contribution in [0, 0.1) is 25.7 Å². The van der Waals surface area contributed by atoms with Crippen molar-refractivity contribution in [2.24, 2.45) is 18.9 Å². The van der Waals surface area contributed by atoms with Crippen molar-refractivity contribution in [3.8, 4) is 5.88 Å². The van der Waals surface area contributed by atoms with Crippen molar-refractivity contribution in [1.82, 2.24) is 20.1 Å². The Bertz CT molecular complexity index is 781. The highest BCUT2D eigenvalue weighted by atomic mass is 16.5. The SMILES string of the molecule is COc1nn(C)c2nc(C)c(CCC(=O)NCC3CC3C)c(C)c12. The molecule has 6 nitrogen and oxygen atoms in total. The molecule has 0 aromatic carbocycles. The molecule has 1 aliphatic carbocycles. The van der Waals surface area contributed by atoms with E-state index in [1.807, 2.05) is 14.0 Å². The minimum absolute atomic E-state index is 0.117. The molecule has 24 heavy (non-hydrogen) atoms. The van der Waals surface area contributed by atoms with Crippen molar-refractivity contribution in [1.29, 1.82) is 0 Å². The molecule has 0 aliphatic heterocycles. The molecule has 0 saturated heterocycles. The number of carbonyl (C=O) groups excluding carboxylic acids is 1. The van der Waals surface area contributed by atoms with Crippen LogP contribution in [0.15, 0.2) is 0 Å². The van der Waals surface area contributed by atoms with Gasteiger partial charge in [0.1, 0.15) is 0 Å². The number of aryl methyl sites for hydroxylation is 3. The van der Waals surface area contributed by atoms with E-state index in [9.17, 15) is 4.79 Å². The van der Waals surface area contributed by atoms with E-state index in [-0.39, 0.29) is 5.91 Å². The number of hydrogen-bond acceptors (Lipinski definition) is 4. The third kappa shape index (κ3) is 3.09. The van der Waals surface area contributed by atoms with Crippen LogP contribution in [0.5, 0.6) is 5.88 Å². The summed E-state index contributed by atoms with van der Waals surface area (Å²) >= 11 is 0. The molecule has 1 N–H and O–H groups in total. The van der Waals surface area contributed by atoms with Crippen molar-refractivity contribution in [3.63, 3.8) is 0 Å². The zero-order chi connectivity index (χ0) is 17.4. The summed E-state index contributed by atoms with van der Waals surface area (Å²) in [5.74, 6) is 2.15. The zero-order valence-corrected chi connectivity index (χ0v) is 15.1. The molecule has 1 aliphatic rings. The summed E-state index contributed by atoms with van der Waals surface area (Å²) in [4.78, 5) is 16.8. The molecule has 0 radical (unpaired) electrons. The summed E-state index contributed by atoms with van der Waals surface area (Å²) in [5, 5.41) is 8.35. The van der Waals surface area contributed by atoms with E-state index in [0.29, 0.717) is 24.6 Å². The lowest BCUT2D eigenvalue weighted by Crippen LogP contribution is -2.26. The van der Waals surface area contributed by atoms with Gasteiger partial charge in [-0.1, -0.05) is 6.92 Å². The number of hydrogen-bond donors (Lipinski definition) is 1. The molecule has 2 aromatic heterocycles. The van der Waals surface area contributed by atoms with Crippen LogP contribution >= 0.6 is 0 Å². The Labute approximate surface area is 142 Å². The molecule has 0 spiro atoms. The first-order chi connectivity index (χ1) is 11.4. The quantitative estimate of drug-likeness (QED) is 0.882. The minimum atomic E-state index is 0.117. The second-order valence-corrected chi connectivity index (χ2v) is 6.91. The number of ether oxygens (including phenoxy) is 1. The van der Waals surface area contributed by atoms with Gasteiger partial charge in [-0.2, -0.15) is 0 Å². The lowest BCUT2D eigenvalue weighted by molar-refractivity contribution is -0.121. The average Bonchev–Trinajstić information content (AvgIpc) is 3.16. The Morgan fingerprint density at radius 2 is 2.12 bits per heavy atom. The Hall–Kier alpha value is -2.11. The summed E-state index contributed by atoms with van der Waals surface area (Å²) in [6.07, 6.45) is 2.41. The molecule has 1 fully saturated rings. The van der Waals surface area contributed by atoms with E-state index in [1.165, 1.54) is 6.42 Å². The van der Waals surface area contributed by atoms with Crippen LogP contribution in [0.2, 0.25) is 0 Å². The van der Waals surface area contributed by atoms with Crippen LogP contribution in [0.25, 0.3) is 11.0 Å². The molecular formula is C18H26N4O2. The highest BCUT2D eigenvalue weighted by molar-refractivity contribution is 5.86. The van der Waals surface area contributed by atoms with Crippen LogP contribution in [-0.4, -0.2) is 34.3 Å². The molecule has 2 aromatic rings. The number of nitrogens with zero attached hydrogens (tertiary/aromatic N) is 3. The summed E-state index contributed by atoms with van der Waals surface area (Å²) in [7, 11) is 3.48. The lowest BCUT2D eigenvalue weighted by Gasteiger charge is -2.11. The van der Waals surface area contributed by atoms with Gasteiger partial charge in [-0.05, 0) is 49.7 Å². The van der Waals surface area contributed by atoms with Gasteiger partial charge in [0.05, 0.1) is 12.5 Å². The monoisotopic (exact) mass is 330 g/mol. The van der Waals surface area contributed by atoms with Gasteiger partial charge in [0.2, 0.25) is 11.8 Å². The highest BCUT2D eigenvalue weighted by Crippen LogP contribution is 2.36. The van der Waals surface area contributed by atoms with Gasteiger partial charge in [0.25, 0.3) is 0 Å². The zero-order valence-electron chi connectivity index (χ0n) is 15.1. The number of fused-ring (bicyclic) bond motifs is 1. The first-order valence-corrected chi connectivity index (χ1v) is 8.55. The maximum Gasteiger partial charge on any atom is 0.242 e. The number of aromatic nitrogens is 3. The fourth-order valence-corrected chi connectivity index (χ4v) is 3.36. The van der Waals surface area contributed by atoms with Gasteiger partial charge in [-0.15, -0.1) is 5.10 Å². The van der Waals surface area contributed by atoms with E-state index in [4.69, 9.17) is 4.74 Å². The number of amides is 1. The Morgan fingerprint density at radius 1 is 1.42 bits per heavy atom. The van der Waals surface area contributed by atoms with Gasteiger partial charge in [0, 0.05) is 25.7 Å². The van der Waals surface area contributed by atoms with Crippen molar-refractivity contribution in [2.75, 3.05) is 13.7 Å². The standard InChI is InChI=1S/C18H26N4O2/c1-10-8-13(10)9-19-15(23)7-6-14-11(2)16-17(20-12(14)3)22(4)21-18(16)24-5/h10,13H,6-9H2,1-5H3,(H,19,23). The molecule has 2 heterocycles. The third-order valence-electron chi connectivity index (χ3n) is 5.16. The van der Waals surface area contributed by atoms with E-state index in [1.54, 1.807) is 11.8 Å². The van der Waals surface area contributed by atoms with Gasteiger partial charge in [-0.3, -0.25) is 4.79 Å². The number of carbonyl (C=O) groups is 1. The normalized spacial score (nSPS) is 19.5. The van der Waals surface area contributed by atoms with Crippen LogP contribution in [0.4, 0.5) is 0 Å². The van der Waals surface area contributed by atoms with E-state index in [2.05, 4.69) is 29.2 Å². The molecule has 1 saturated carbocycles. The lowest BCUT2D eigenvalue weighted by atomic mass is 10.00. The second kappa shape index (κ2) is 6.42. The van der Waals surface area contributed by atoms with Crippen LogP contribution < -0.4 is 10.1 Å². The largest absolute Gasteiger partial charge is 0.479 e. The fourth-order valence-electron chi connectivity index (χ4n) is 3.36. The van der Waals surface area contributed by atoms with E-state index < -0.39 is 0 Å². The molecule has 0 bridgehead atoms. The second-order valence-electron chi connectivity index (χ2n) is 6.91. The van der Waals surface area contributed by atoms with Gasteiger partial charge in [0.15, 0.2) is 5.65 Å². The Balaban J connectivity index is 1.75. The number of methoxy groups -OCH3 is 1. The van der Waals surface area contributed by atoms with Crippen molar-refractivity contribution in [2.45, 2.75) is 40.0 Å². The van der Waals surface area contributed by atoms with Crippen molar-refractivity contribution >= 4 is 16.9 Å². The Kier molecular flexibility index (Phi) is 4.47. The van der Waals surface area contributed by atoms with Gasteiger partial charge >= 0.3 is 0 Å². The maximum absolute atomic E-state index is 12.1. The fraction of sp³-hybridized carbons (Fsp3) is 0.611. The van der Waals surface area contributed by atoms with E-state index >= 15 is 0 Å². The Morgan fingerprint density at radius 3 is 2.75 bits per heavy atom. The highest BCUT2D eigenvalue weighted by Gasteiger charge is 2.32. The van der Waals surface area contributed by atoms with Crippen LogP contribution in [0.3, 0.4) is 0 Å². The summed E-state index contributed by atoms with van der Waals surface area (Å²) in [5.41, 5.74) is 3.99. The smallest absolute Gasteiger partial charge is 0.242 e. The number of nitrogens with one attached hydrogen (secondary N) is 1. The molecule has 6 heteroatoms. The van der Waals surface area contributed by atoms with E-state index in [0.717, 1.165) is 40.3 Å². The molecular weight excluding hydrogens is 304 g/mol. The number of pyridine rings is 1. The first kappa shape index (κ1) is 16.7. The van der Waals surface area contributed by atoms with Crippen molar-refractivity contribution in [3.05, 3.63) is 16.8 Å². The third-order valence-corrected chi connectivity index (χ3v) is 5.16. The average molecular weight is 330 g/mol. The summed E-state index contributed by atoms with van der Waals surface area (Å²) in [6.45, 7) is 7.09. The van der Waals surface area contributed by atoms with Gasteiger partial charge in [-0.25, -0.2) is 9.67 Å². The minimum Gasteiger partial charge on any atom is -0.479 e. The summed E-state index contributed by atoms with van der Waals surface area (Å²) < 4.78 is 7.12. The predicted molar refractivity (Wildman–Crippen MR) is 93.1 cm³/mol. The van der Waals surface area contributed by atoms with Gasteiger partial charge < -0.3 is 10.1 Å². The molecule has 2 unspecified atom stereocenters. The van der Waals surface area contributed by atoms with Crippen LogP contribution in [0.1, 0.15) is 36.6 Å². The summed E-state index contributed by atoms with van der Waals surface area (Å²) in [6, 6.07) is 0. The molecule has 130 valence electrons. The molecule has 1 amide bonds. The maximum atomic E-state index is 12.1. The molecule has 2 atom stereocenters. The van der Waals surface area contributed by atoms with Crippen molar-refractivity contribution < 1.29 is 9.53 Å². The first-order valence-electron chi connectivity index (χ1n) is 8.55.